The third-order valence-electron chi connectivity index (χ3n) is 19.4. The summed E-state index contributed by atoms with van der Waals surface area (Å²) in [7, 11) is 0. The van der Waals surface area contributed by atoms with Crippen LogP contribution in [0.5, 0.6) is 0 Å². The Hall–Kier alpha value is -4.22. The van der Waals surface area contributed by atoms with Gasteiger partial charge in [-0.1, -0.05) is 62.3 Å². The van der Waals surface area contributed by atoms with Crippen LogP contribution in [0.3, 0.4) is 0 Å². The maximum atomic E-state index is 17.1. The smallest absolute Gasteiger partial charge is 0.412 e. The number of rotatable bonds is 6. The van der Waals surface area contributed by atoms with Gasteiger partial charge in [0.1, 0.15) is 6.61 Å². The molecule has 9 unspecified atom stereocenters. The number of aliphatic hydroxyl groups is 3. The minimum Gasteiger partial charge on any atom is -0.441 e. The van der Waals surface area contributed by atoms with E-state index in [4.69, 9.17) is 23.7 Å². The fourth-order valence-corrected chi connectivity index (χ4v) is 16.8. The van der Waals surface area contributed by atoms with Crippen molar-refractivity contribution in [1.82, 2.24) is 0 Å². The summed E-state index contributed by atoms with van der Waals surface area (Å²) in [6, 6.07) is 8.90. The first kappa shape index (κ1) is 49.4. The third-order valence-corrected chi connectivity index (χ3v) is 19.4. The second kappa shape index (κ2) is 16.1. The van der Waals surface area contributed by atoms with Gasteiger partial charge in [-0.2, -0.15) is 0 Å². The number of aliphatic hydroxyl groups excluding tert-OH is 3. The molecule has 2 aliphatic heterocycles. The molecule has 10 aliphatic rings. The number of allylic oxidation sites excluding steroid dienone is 8. The minimum atomic E-state index is -1.98. The molecular weight excluding hydrogens is 902 g/mol. The summed E-state index contributed by atoms with van der Waals surface area (Å²) in [5.74, 6) is -3.71. The van der Waals surface area contributed by atoms with Crippen LogP contribution >= 0.6 is 0 Å². The fourth-order valence-electron chi connectivity index (χ4n) is 16.8. The van der Waals surface area contributed by atoms with Gasteiger partial charge in [0.25, 0.3) is 0 Å². The average Bonchev–Trinajstić information content (AvgIpc) is 3.91. The van der Waals surface area contributed by atoms with Crippen molar-refractivity contribution in [3.63, 3.8) is 0 Å². The number of hydrogen-bond donors (Lipinski definition) is 4. The highest BCUT2D eigenvalue weighted by Crippen LogP contribution is 2.73. The molecule has 8 fully saturated rings. The Labute approximate surface area is 408 Å². The number of Topliss-reactive ketones (excluding diaryl/α,β-unsaturated/α-hetero) is 2. The summed E-state index contributed by atoms with van der Waals surface area (Å²) >= 11 is 0. The van der Waals surface area contributed by atoms with Gasteiger partial charge < -0.3 is 39.0 Å². The molecule has 0 bridgehead atoms. The summed E-state index contributed by atoms with van der Waals surface area (Å²) in [4.78, 5) is 63.8. The average molecular weight is 970 g/mol. The number of ketones is 4. The Morgan fingerprint density at radius 1 is 0.743 bits per heavy atom. The highest BCUT2D eigenvalue weighted by Gasteiger charge is 2.81. The number of anilines is 1. The second-order valence-corrected chi connectivity index (χ2v) is 23.7. The van der Waals surface area contributed by atoms with Gasteiger partial charge in [0, 0.05) is 39.2 Å². The molecule has 70 heavy (non-hydrogen) atoms. The molecule has 16 atom stereocenters. The summed E-state index contributed by atoms with van der Waals surface area (Å²) in [6.07, 6.45) is 9.94. The molecule has 0 aromatic heterocycles. The van der Waals surface area contributed by atoms with E-state index >= 15 is 4.39 Å². The molecule has 15 heteroatoms. The molecule has 8 aliphatic carbocycles. The summed E-state index contributed by atoms with van der Waals surface area (Å²) in [5, 5.41) is 35.6. The maximum Gasteiger partial charge on any atom is 0.412 e. The van der Waals surface area contributed by atoms with Crippen LogP contribution in [0.2, 0.25) is 0 Å². The van der Waals surface area contributed by atoms with Gasteiger partial charge in [-0.15, -0.1) is 0 Å². The number of nitrogens with one attached hydrogen (secondary N) is 1. The monoisotopic (exact) mass is 969 g/mol. The number of hydrogen-bond acceptors (Lipinski definition) is 13. The van der Waals surface area contributed by atoms with Gasteiger partial charge in [-0.3, -0.25) is 24.5 Å². The molecule has 378 valence electrons. The van der Waals surface area contributed by atoms with Crippen molar-refractivity contribution in [2.24, 2.45) is 51.2 Å². The molecule has 4 N–H and O–H groups in total. The van der Waals surface area contributed by atoms with E-state index in [0.717, 1.165) is 24.0 Å². The van der Waals surface area contributed by atoms with E-state index in [1.54, 1.807) is 77.1 Å². The van der Waals surface area contributed by atoms with Crippen molar-refractivity contribution in [1.29, 1.82) is 0 Å². The van der Waals surface area contributed by atoms with Gasteiger partial charge in [0.2, 0.25) is 5.78 Å². The van der Waals surface area contributed by atoms with E-state index in [2.05, 4.69) is 12.2 Å². The fraction of sp³-hybridized carbons (Fsp3) is 0.655. The van der Waals surface area contributed by atoms with E-state index in [9.17, 15) is 39.3 Å². The molecule has 11 rings (SSSR count). The molecule has 0 radical (unpaired) electrons. The van der Waals surface area contributed by atoms with Crippen LogP contribution in [0.25, 0.3) is 0 Å². The van der Waals surface area contributed by atoms with E-state index in [-0.39, 0.29) is 47.4 Å². The number of carbonyl (C=O) groups excluding carboxylic acids is 5. The summed E-state index contributed by atoms with van der Waals surface area (Å²) in [6.45, 7) is 13.7. The number of halogens is 1. The summed E-state index contributed by atoms with van der Waals surface area (Å²) in [5.41, 5.74) is -5.50. The quantitative estimate of drug-likeness (QED) is 0.227. The molecule has 0 spiro atoms. The lowest BCUT2D eigenvalue weighted by Gasteiger charge is -2.62. The van der Waals surface area contributed by atoms with Gasteiger partial charge in [0.05, 0.1) is 24.4 Å². The van der Waals surface area contributed by atoms with Crippen LogP contribution < -0.4 is 5.32 Å². The van der Waals surface area contributed by atoms with Crippen LogP contribution in [-0.4, -0.2) is 111 Å². The van der Waals surface area contributed by atoms with Crippen LogP contribution in [0.15, 0.2) is 77.9 Å². The Bertz CT molecular complexity index is 2540. The lowest BCUT2D eigenvalue weighted by atomic mass is 9.44. The van der Waals surface area contributed by atoms with Crippen molar-refractivity contribution in [2.45, 2.75) is 160 Å². The van der Waals surface area contributed by atoms with E-state index in [1.165, 1.54) is 12.2 Å². The standard InChI is InChI=1S/C31H37NO7.C24H31FO6/c1-28(2)38-25-15-22-21-11-10-18-14-20(33)12-13-29(18,3)26(21)23(34)16-30(22,4)31(25,39-28)24(35)17-37-27(36)32-19-8-6-5-7-9-19;1-20(2)30-19-10-16-15-6-5-13-9-14(27)7-8-21(13,3)23(15,25)17(28)11-22(16,4)24(19,31-20)18(29)12-26/h5-9,12-14,21-23,25-26,34H,10-11,15-17H2,1-4H3,(H,32,36);7-9,15-17,19,26,28H,5-6,10-12H2,1-4H3/t21?,22?,23-,25+,26?,29?,30?,31+;15?,16?,17-,19+,21?,22?,23-,24+/m00/s1. The SMILES string of the molecule is CC1(C)O[C@@H]2CC3C4CCC5=CC(=O)C=CC5(C)C4[C@@H](O)CC3(C)[C@]2(C(=O)COC(=O)Nc2ccccc2)O1.CC1(C)O[C@@H]2CC3C4CCC5=CC(=O)C=CC5(C)[C@@]4(F)[C@@H](O)CC3(C)[C@]2(C(=O)CO)O1. The molecule has 1 aromatic carbocycles. The van der Waals surface area contributed by atoms with Crippen molar-refractivity contribution in [3.8, 4) is 0 Å². The predicted molar refractivity (Wildman–Crippen MR) is 251 cm³/mol. The first-order chi connectivity index (χ1) is 32.7. The highest BCUT2D eigenvalue weighted by atomic mass is 19.1. The molecule has 2 heterocycles. The second-order valence-electron chi connectivity index (χ2n) is 23.7. The lowest BCUT2D eigenvalue weighted by molar-refractivity contribution is -0.246. The van der Waals surface area contributed by atoms with Crippen LogP contribution in [-0.2, 0) is 42.9 Å². The molecule has 2 saturated heterocycles. The van der Waals surface area contributed by atoms with Gasteiger partial charge in [-0.05, 0) is 140 Å². The lowest BCUT2D eigenvalue weighted by Crippen LogP contribution is -2.70. The maximum absolute atomic E-state index is 17.1. The van der Waals surface area contributed by atoms with Crippen molar-refractivity contribution in [3.05, 3.63) is 77.9 Å². The largest absolute Gasteiger partial charge is 0.441 e. The summed E-state index contributed by atoms with van der Waals surface area (Å²) < 4.78 is 47.8. The van der Waals surface area contributed by atoms with Crippen LogP contribution in [0, 0.1) is 51.2 Å². The first-order valence-electron chi connectivity index (χ1n) is 25.1. The van der Waals surface area contributed by atoms with Crippen molar-refractivity contribution in [2.75, 3.05) is 18.5 Å². The number of alkyl halides is 1. The number of ether oxygens (including phenoxy) is 5. The zero-order valence-corrected chi connectivity index (χ0v) is 41.4. The van der Waals surface area contributed by atoms with Crippen LogP contribution in [0.1, 0.15) is 107 Å². The topological polar surface area (TPSA) is 204 Å². The number of fused-ring (bicyclic) bond motifs is 14. The molecular formula is C55H68FNO13. The van der Waals surface area contributed by atoms with Crippen molar-refractivity contribution < 1.29 is 67.4 Å². The predicted octanol–water partition coefficient (Wildman–Crippen LogP) is 7.00. The zero-order chi connectivity index (χ0) is 50.4. The van der Waals surface area contributed by atoms with E-state index < -0.39 is 106 Å². The Morgan fingerprint density at radius 2 is 1.31 bits per heavy atom. The Kier molecular flexibility index (Phi) is 11.4. The molecule has 1 amide bonds. The van der Waals surface area contributed by atoms with Gasteiger partial charge in [0.15, 0.2) is 52.4 Å². The van der Waals surface area contributed by atoms with Crippen molar-refractivity contribution >= 4 is 34.9 Å². The Balaban J connectivity index is 0.000000166. The zero-order valence-electron chi connectivity index (χ0n) is 41.4. The number of carbonyl (C=O) groups is 5. The van der Waals surface area contributed by atoms with Crippen LogP contribution in [0.4, 0.5) is 14.9 Å². The number of para-hydroxylation sites is 1. The third kappa shape index (κ3) is 6.69. The van der Waals surface area contributed by atoms with E-state index in [0.29, 0.717) is 37.8 Å². The minimum absolute atomic E-state index is 0.00339. The highest BCUT2D eigenvalue weighted by molar-refractivity contribution is 6.02. The number of benzene rings is 1. The number of amides is 1. The van der Waals surface area contributed by atoms with Gasteiger partial charge in [-0.25, -0.2) is 9.18 Å². The normalized spacial score (nSPS) is 46.2. The van der Waals surface area contributed by atoms with Gasteiger partial charge >= 0.3 is 6.09 Å². The molecule has 6 saturated carbocycles. The molecule has 14 nitrogen and oxygen atoms in total. The first-order valence-corrected chi connectivity index (χ1v) is 25.1. The van der Waals surface area contributed by atoms with E-state index in [1.807, 2.05) is 26.0 Å². The molecule has 1 aromatic rings. The Morgan fingerprint density at radius 3 is 1.96 bits per heavy atom.